The van der Waals surface area contributed by atoms with Gasteiger partial charge in [-0.15, -0.1) is 0 Å². The van der Waals surface area contributed by atoms with Crippen LogP contribution in [0.15, 0.2) is 47.4 Å². The predicted molar refractivity (Wildman–Crippen MR) is 107 cm³/mol. The molecule has 1 fully saturated rings. The van der Waals surface area contributed by atoms with Crippen LogP contribution in [0, 0.1) is 0 Å². The van der Waals surface area contributed by atoms with Crippen LogP contribution in [0.5, 0.6) is 11.5 Å². The molecule has 0 radical (unpaired) electrons. The summed E-state index contributed by atoms with van der Waals surface area (Å²) in [6.45, 7) is 2.46. The molecule has 0 bridgehead atoms. The van der Waals surface area contributed by atoms with E-state index in [2.05, 4.69) is 0 Å². The van der Waals surface area contributed by atoms with E-state index in [1.807, 2.05) is 30.3 Å². The molecule has 0 saturated carbocycles. The van der Waals surface area contributed by atoms with Crippen LogP contribution in [-0.2, 0) is 11.4 Å². The van der Waals surface area contributed by atoms with Crippen LogP contribution < -0.4 is 9.47 Å². The fourth-order valence-electron chi connectivity index (χ4n) is 2.62. The summed E-state index contributed by atoms with van der Waals surface area (Å²) in [6, 6.07) is 13.1. The lowest BCUT2D eigenvalue weighted by molar-refractivity contribution is -0.122. The van der Waals surface area contributed by atoms with Gasteiger partial charge in [-0.1, -0.05) is 41.9 Å². The predicted octanol–water partition coefficient (Wildman–Crippen LogP) is 4.98. The van der Waals surface area contributed by atoms with Crippen LogP contribution >= 0.6 is 23.4 Å². The van der Waals surface area contributed by atoms with Gasteiger partial charge >= 0.3 is 0 Å². The van der Waals surface area contributed by atoms with E-state index in [-0.39, 0.29) is 11.1 Å². The zero-order chi connectivity index (χ0) is 19.4. The molecule has 2 amide bonds. The number of ether oxygens (including phenoxy) is 2. The summed E-state index contributed by atoms with van der Waals surface area (Å²) < 4.78 is 11.2. The molecule has 2 aromatic rings. The van der Waals surface area contributed by atoms with Gasteiger partial charge in [0.1, 0.15) is 6.61 Å². The second-order valence-electron chi connectivity index (χ2n) is 5.73. The van der Waals surface area contributed by atoms with Gasteiger partial charge in [-0.05, 0) is 48.0 Å². The largest absolute Gasteiger partial charge is 0.493 e. The highest BCUT2D eigenvalue weighted by molar-refractivity contribution is 8.18. The Morgan fingerprint density at radius 2 is 1.93 bits per heavy atom. The second kappa shape index (κ2) is 8.50. The van der Waals surface area contributed by atoms with E-state index in [9.17, 15) is 9.59 Å². The lowest BCUT2D eigenvalue weighted by Crippen LogP contribution is -2.27. The number of nitrogens with zero attached hydrogens (tertiary/aromatic N) is 1. The molecule has 3 rings (SSSR count). The van der Waals surface area contributed by atoms with Gasteiger partial charge in [0.25, 0.3) is 11.1 Å². The second-order valence-corrected chi connectivity index (χ2v) is 7.13. The summed E-state index contributed by atoms with van der Waals surface area (Å²) in [6.07, 6.45) is 1.63. The molecule has 1 aliphatic heterocycles. The molecule has 2 aromatic carbocycles. The fraction of sp³-hybridized carbons (Fsp3) is 0.200. The number of carbonyl (C=O) groups is 2. The first-order valence-corrected chi connectivity index (χ1v) is 9.52. The third-order valence-electron chi connectivity index (χ3n) is 3.97. The quantitative estimate of drug-likeness (QED) is 0.636. The van der Waals surface area contributed by atoms with Crippen molar-refractivity contribution in [3.8, 4) is 11.5 Å². The average Bonchev–Trinajstić information content (AvgIpc) is 2.93. The first kappa shape index (κ1) is 19.3. The van der Waals surface area contributed by atoms with Crippen molar-refractivity contribution in [3.63, 3.8) is 0 Å². The van der Waals surface area contributed by atoms with E-state index in [1.54, 1.807) is 25.1 Å². The van der Waals surface area contributed by atoms with E-state index in [4.69, 9.17) is 21.1 Å². The fourth-order valence-corrected chi connectivity index (χ4v) is 3.79. The van der Waals surface area contributed by atoms with Gasteiger partial charge < -0.3 is 9.47 Å². The minimum atomic E-state index is -0.299. The van der Waals surface area contributed by atoms with Crippen molar-refractivity contribution in [2.45, 2.75) is 13.5 Å². The third kappa shape index (κ3) is 4.28. The Hall–Kier alpha value is -2.44. The highest BCUT2D eigenvalue weighted by Gasteiger charge is 2.33. The smallest absolute Gasteiger partial charge is 0.293 e. The van der Waals surface area contributed by atoms with Crippen molar-refractivity contribution in [3.05, 3.63) is 63.5 Å². The van der Waals surface area contributed by atoms with Gasteiger partial charge in [-0.25, -0.2) is 0 Å². The number of thioether (sulfide) groups is 1. The van der Waals surface area contributed by atoms with Crippen molar-refractivity contribution < 1.29 is 19.1 Å². The Morgan fingerprint density at radius 3 is 2.56 bits per heavy atom. The van der Waals surface area contributed by atoms with Crippen molar-refractivity contribution in [1.29, 1.82) is 0 Å². The first-order chi connectivity index (χ1) is 13.0. The normalized spacial score (nSPS) is 15.5. The number of carbonyl (C=O) groups excluding carboxylic acids is 2. The van der Waals surface area contributed by atoms with Crippen LogP contribution in [0.3, 0.4) is 0 Å². The Balaban J connectivity index is 1.85. The van der Waals surface area contributed by atoms with Gasteiger partial charge in [0.05, 0.1) is 17.0 Å². The molecular formula is C20H18ClNO4S. The molecule has 27 heavy (non-hydrogen) atoms. The molecule has 140 valence electrons. The van der Waals surface area contributed by atoms with Crippen LogP contribution in [-0.4, -0.2) is 29.7 Å². The van der Waals surface area contributed by atoms with Crippen LogP contribution in [0.4, 0.5) is 4.79 Å². The lowest BCUT2D eigenvalue weighted by Gasteiger charge is -2.13. The molecule has 0 N–H and O–H groups in total. The monoisotopic (exact) mass is 403 g/mol. The molecule has 0 atom stereocenters. The standard InChI is InChI=1S/C20H18ClNO4S/c1-3-22-19(23)17(27-20(22)24)11-14-9-15(21)18(16(10-14)25-2)26-12-13-7-5-4-6-8-13/h4-11H,3,12H2,1-2H3/b17-11+. The maximum atomic E-state index is 12.2. The summed E-state index contributed by atoms with van der Waals surface area (Å²) in [5, 5.41) is 0.0980. The minimum absolute atomic E-state index is 0.269. The molecule has 1 saturated heterocycles. The number of amides is 2. The molecule has 0 aliphatic carbocycles. The summed E-state index contributed by atoms with van der Waals surface area (Å²) in [5.74, 6) is 0.591. The summed E-state index contributed by atoms with van der Waals surface area (Å²) in [5.41, 5.74) is 1.67. The summed E-state index contributed by atoms with van der Waals surface area (Å²) >= 11 is 7.30. The maximum Gasteiger partial charge on any atom is 0.293 e. The number of rotatable bonds is 6. The number of benzene rings is 2. The molecule has 0 spiro atoms. The highest BCUT2D eigenvalue weighted by atomic mass is 35.5. The maximum absolute atomic E-state index is 12.2. The topological polar surface area (TPSA) is 55.8 Å². The lowest BCUT2D eigenvalue weighted by atomic mass is 10.1. The Bertz CT molecular complexity index is 898. The van der Waals surface area contributed by atoms with Crippen molar-refractivity contribution >= 4 is 40.6 Å². The molecule has 7 heteroatoms. The van der Waals surface area contributed by atoms with Crippen LogP contribution in [0.25, 0.3) is 6.08 Å². The van der Waals surface area contributed by atoms with E-state index in [0.717, 1.165) is 17.3 Å². The molecule has 1 aliphatic rings. The molecule has 0 unspecified atom stereocenters. The van der Waals surface area contributed by atoms with Crippen molar-refractivity contribution in [2.75, 3.05) is 13.7 Å². The number of methoxy groups -OCH3 is 1. The van der Waals surface area contributed by atoms with E-state index in [0.29, 0.717) is 40.1 Å². The van der Waals surface area contributed by atoms with Gasteiger partial charge in [0.2, 0.25) is 0 Å². The third-order valence-corrected chi connectivity index (χ3v) is 5.15. The Morgan fingerprint density at radius 1 is 1.19 bits per heavy atom. The number of likely N-dealkylation sites (N-methyl/N-ethyl adjacent to an activating group) is 1. The summed E-state index contributed by atoms with van der Waals surface area (Å²) in [4.78, 5) is 25.6. The molecule has 1 heterocycles. The average molecular weight is 404 g/mol. The van der Waals surface area contributed by atoms with E-state index in [1.165, 1.54) is 12.0 Å². The van der Waals surface area contributed by atoms with Gasteiger partial charge in [0, 0.05) is 6.54 Å². The van der Waals surface area contributed by atoms with Gasteiger partial charge in [-0.2, -0.15) is 0 Å². The molecule has 5 nitrogen and oxygen atoms in total. The SMILES string of the molecule is CCN1C(=O)S/C(=C/c2cc(Cl)c(OCc3ccccc3)c(OC)c2)C1=O. The van der Waals surface area contributed by atoms with Crippen LogP contribution in [0.2, 0.25) is 5.02 Å². The number of imide groups is 1. The van der Waals surface area contributed by atoms with Crippen molar-refractivity contribution in [2.24, 2.45) is 0 Å². The van der Waals surface area contributed by atoms with E-state index >= 15 is 0 Å². The number of hydrogen-bond donors (Lipinski definition) is 0. The Kier molecular flexibility index (Phi) is 6.08. The zero-order valence-electron chi connectivity index (χ0n) is 14.9. The highest BCUT2D eigenvalue weighted by Crippen LogP contribution is 2.39. The first-order valence-electron chi connectivity index (χ1n) is 8.33. The molecule has 0 aromatic heterocycles. The number of hydrogen-bond acceptors (Lipinski definition) is 5. The van der Waals surface area contributed by atoms with Gasteiger partial charge in [-0.3, -0.25) is 14.5 Å². The number of halogens is 1. The van der Waals surface area contributed by atoms with Crippen molar-refractivity contribution in [1.82, 2.24) is 4.90 Å². The summed E-state index contributed by atoms with van der Waals surface area (Å²) in [7, 11) is 1.52. The van der Waals surface area contributed by atoms with Crippen LogP contribution in [0.1, 0.15) is 18.1 Å². The minimum Gasteiger partial charge on any atom is -0.493 e. The molecular weight excluding hydrogens is 386 g/mol. The van der Waals surface area contributed by atoms with Gasteiger partial charge in [0.15, 0.2) is 11.5 Å². The zero-order valence-corrected chi connectivity index (χ0v) is 16.5. The Labute approximate surface area is 166 Å². The van der Waals surface area contributed by atoms with E-state index < -0.39 is 0 Å².